The van der Waals surface area contributed by atoms with Gasteiger partial charge < -0.3 is 5.73 Å². The lowest BCUT2D eigenvalue weighted by Crippen LogP contribution is -2.19. The summed E-state index contributed by atoms with van der Waals surface area (Å²) in [4.78, 5) is 1.24. The molecule has 0 fully saturated rings. The fourth-order valence-corrected chi connectivity index (χ4v) is 2.45. The van der Waals surface area contributed by atoms with Gasteiger partial charge in [-0.25, -0.2) is 0 Å². The molecule has 5 heteroatoms. The Bertz CT molecular complexity index is 396. The number of nitrogens with zero attached hydrogens (tertiary/aromatic N) is 2. The van der Waals surface area contributed by atoms with Crippen LogP contribution in [0.5, 0.6) is 0 Å². The van der Waals surface area contributed by atoms with E-state index in [0.717, 1.165) is 4.47 Å². The molecule has 0 amide bonds. The summed E-state index contributed by atoms with van der Waals surface area (Å²) in [5.41, 5.74) is 5.74. The normalized spacial score (nSPS) is 13.0. The standard InChI is InChI=1S/C9H10BrN3S/c10-7-5-12-13(6-7)8(4-11)9-2-1-3-14-9/h1-3,5-6,8H,4,11H2. The van der Waals surface area contributed by atoms with Gasteiger partial charge in [0.15, 0.2) is 0 Å². The van der Waals surface area contributed by atoms with Gasteiger partial charge in [0.25, 0.3) is 0 Å². The van der Waals surface area contributed by atoms with Gasteiger partial charge in [-0.3, -0.25) is 4.68 Å². The summed E-state index contributed by atoms with van der Waals surface area (Å²) in [5.74, 6) is 0. The van der Waals surface area contributed by atoms with E-state index in [1.165, 1.54) is 4.88 Å². The van der Waals surface area contributed by atoms with E-state index in [9.17, 15) is 0 Å². The molecule has 14 heavy (non-hydrogen) atoms. The fraction of sp³-hybridized carbons (Fsp3) is 0.222. The van der Waals surface area contributed by atoms with Crippen LogP contribution >= 0.6 is 27.3 Å². The molecule has 2 heterocycles. The minimum absolute atomic E-state index is 0.154. The monoisotopic (exact) mass is 271 g/mol. The van der Waals surface area contributed by atoms with Crippen LogP contribution in [-0.2, 0) is 0 Å². The maximum absolute atomic E-state index is 5.74. The molecule has 0 aliphatic rings. The third kappa shape index (κ3) is 1.89. The number of hydrogen-bond donors (Lipinski definition) is 1. The zero-order valence-corrected chi connectivity index (χ0v) is 9.83. The summed E-state index contributed by atoms with van der Waals surface area (Å²) in [5, 5.41) is 6.29. The maximum atomic E-state index is 5.74. The molecule has 0 aliphatic carbocycles. The van der Waals surface area contributed by atoms with Crippen LogP contribution in [0.4, 0.5) is 0 Å². The summed E-state index contributed by atoms with van der Waals surface area (Å²) in [6.45, 7) is 0.564. The molecule has 1 unspecified atom stereocenters. The molecule has 0 saturated carbocycles. The topological polar surface area (TPSA) is 43.8 Å². The average molecular weight is 272 g/mol. The second-order valence-corrected chi connectivity index (χ2v) is 4.80. The summed E-state index contributed by atoms with van der Waals surface area (Å²) in [6.07, 6.45) is 3.72. The van der Waals surface area contributed by atoms with Gasteiger partial charge in [-0.2, -0.15) is 5.10 Å². The van der Waals surface area contributed by atoms with E-state index in [-0.39, 0.29) is 6.04 Å². The van der Waals surface area contributed by atoms with Crippen LogP contribution in [-0.4, -0.2) is 16.3 Å². The molecular weight excluding hydrogens is 262 g/mol. The third-order valence-electron chi connectivity index (χ3n) is 1.98. The molecule has 0 aliphatic heterocycles. The van der Waals surface area contributed by atoms with Gasteiger partial charge in [-0.1, -0.05) is 6.07 Å². The van der Waals surface area contributed by atoms with Crippen LogP contribution in [0.2, 0.25) is 0 Å². The molecule has 0 radical (unpaired) electrons. The second-order valence-electron chi connectivity index (χ2n) is 2.91. The highest BCUT2D eigenvalue weighted by molar-refractivity contribution is 9.10. The molecule has 3 nitrogen and oxygen atoms in total. The Balaban J connectivity index is 2.31. The SMILES string of the molecule is NCC(c1cccs1)n1cc(Br)cn1. The van der Waals surface area contributed by atoms with E-state index >= 15 is 0 Å². The van der Waals surface area contributed by atoms with Crippen molar-refractivity contribution >= 4 is 27.3 Å². The predicted octanol–water partition coefficient (Wildman–Crippen LogP) is 2.26. The summed E-state index contributed by atoms with van der Waals surface area (Å²) < 4.78 is 2.86. The Morgan fingerprint density at radius 3 is 3.00 bits per heavy atom. The molecule has 1 atom stereocenters. The Hall–Kier alpha value is -0.650. The van der Waals surface area contributed by atoms with Gasteiger partial charge in [0.2, 0.25) is 0 Å². The largest absolute Gasteiger partial charge is 0.328 e. The lowest BCUT2D eigenvalue weighted by molar-refractivity contribution is 0.539. The summed E-state index contributed by atoms with van der Waals surface area (Å²) >= 11 is 5.08. The van der Waals surface area contributed by atoms with Crippen LogP contribution in [0.25, 0.3) is 0 Å². The predicted molar refractivity (Wildman–Crippen MR) is 61.4 cm³/mol. The van der Waals surface area contributed by atoms with Crippen molar-refractivity contribution in [3.8, 4) is 0 Å². The van der Waals surface area contributed by atoms with Crippen molar-refractivity contribution in [2.24, 2.45) is 5.73 Å². The van der Waals surface area contributed by atoms with Crippen molar-refractivity contribution in [3.05, 3.63) is 39.3 Å². The average Bonchev–Trinajstić information content (AvgIpc) is 2.79. The van der Waals surface area contributed by atoms with E-state index in [1.54, 1.807) is 17.5 Å². The second kappa shape index (κ2) is 4.25. The molecule has 2 N–H and O–H groups in total. The Morgan fingerprint density at radius 1 is 1.64 bits per heavy atom. The molecular formula is C9H10BrN3S. The maximum Gasteiger partial charge on any atom is 0.0982 e. The van der Waals surface area contributed by atoms with Gasteiger partial charge in [0.1, 0.15) is 0 Å². The highest BCUT2D eigenvalue weighted by Crippen LogP contribution is 2.22. The molecule has 74 valence electrons. The lowest BCUT2D eigenvalue weighted by Gasteiger charge is -2.12. The number of thiophene rings is 1. The van der Waals surface area contributed by atoms with Gasteiger partial charge >= 0.3 is 0 Å². The number of nitrogens with two attached hydrogens (primary N) is 1. The van der Waals surface area contributed by atoms with Crippen molar-refractivity contribution in [1.82, 2.24) is 9.78 Å². The molecule has 0 saturated heterocycles. The fourth-order valence-electron chi connectivity index (χ4n) is 1.32. The van der Waals surface area contributed by atoms with E-state index < -0.39 is 0 Å². The minimum Gasteiger partial charge on any atom is -0.328 e. The van der Waals surface area contributed by atoms with Crippen LogP contribution in [0.1, 0.15) is 10.9 Å². The molecule has 0 aromatic carbocycles. The molecule has 0 spiro atoms. The molecule has 2 aromatic heterocycles. The van der Waals surface area contributed by atoms with Crippen LogP contribution in [0.15, 0.2) is 34.4 Å². The number of rotatable bonds is 3. The van der Waals surface area contributed by atoms with Crippen molar-refractivity contribution in [2.45, 2.75) is 6.04 Å². The quantitative estimate of drug-likeness (QED) is 0.931. The number of hydrogen-bond acceptors (Lipinski definition) is 3. The summed E-state index contributed by atoms with van der Waals surface area (Å²) in [6, 6.07) is 4.26. The first kappa shape index (κ1) is 9.89. The zero-order chi connectivity index (χ0) is 9.97. The van der Waals surface area contributed by atoms with Crippen molar-refractivity contribution in [3.63, 3.8) is 0 Å². The zero-order valence-electron chi connectivity index (χ0n) is 7.43. The smallest absolute Gasteiger partial charge is 0.0982 e. The number of halogens is 1. The van der Waals surface area contributed by atoms with Crippen LogP contribution < -0.4 is 5.73 Å². The highest BCUT2D eigenvalue weighted by Gasteiger charge is 2.13. The van der Waals surface area contributed by atoms with E-state index in [4.69, 9.17) is 5.73 Å². The van der Waals surface area contributed by atoms with E-state index in [2.05, 4.69) is 32.5 Å². The summed E-state index contributed by atoms with van der Waals surface area (Å²) in [7, 11) is 0. The van der Waals surface area contributed by atoms with Gasteiger partial charge in [0.05, 0.1) is 16.7 Å². The first-order valence-corrected chi connectivity index (χ1v) is 5.91. The van der Waals surface area contributed by atoms with Crippen molar-refractivity contribution in [1.29, 1.82) is 0 Å². The van der Waals surface area contributed by atoms with Gasteiger partial charge in [-0.15, -0.1) is 11.3 Å². The minimum atomic E-state index is 0.154. The van der Waals surface area contributed by atoms with Gasteiger partial charge in [-0.05, 0) is 27.4 Å². The first-order chi connectivity index (χ1) is 6.81. The van der Waals surface area contributed by atoms with Crippen molar-refractivity contribution < 1.29 is 0 Å². The van der Waals surface area contributed by atoms with E-state index in [1.807, 2.05) is 16.9 Å². The highest BCUT2D eigenvalue weighted by atomic mass is 79.9. The third-order valence-corrected chi connectivity index (χ3v) is 3.37. The van der Waals surface area contributed by atoms with Crippen LogP contribution in [0.3, 0.4) is 0 Å². The number of aromatic nitrogens is 2. The van der Waals surface area contributed by atoms with E-state index in [0.29, 0.717) is 6.54 Å². The molecule has 0 bridgehead atoms. The Kier molecular flexibility index (Phi) is 3.00. The lowest BCUT2D eigenvalue weighted by atomic mass is 10.2. The molecule has 2 rings (SSSR count). The van der Waals surface area contributed by atoms with Gasteiger partial charge in [0, 0.05) is 17.6 Å². The Labute approximate surface area is 94.7 Å². The van der Waals surface area contributed by atoms with Crippen LogP contribution in [0, 0.1) is 0 Å². The Morgan fingerprint density at radius 2 is 2.50 bits per heavy atom. The first-order valence-electron chi connectivity index (χ1n) is 4.24. The van der Waals surface area contributed by atoms with Crippen molar-refractivity contribution in [2.75, 3.05) is 6.54 Å². The molecule has 2 aromatic rings.